The highest BCUT2D eigenvalue weighted by Crippen LogP contribution is 2.43. The van der Waals surface area contributed by atoms with Gasteiger partial charge in [-0.25, -0.2) is 0 Å². The summed E-state index contributed by atoms with van der Waals surface area (Å²) in [5.41, 5.74) is 1.60. The summed E-state index contributed by atoms with van der Waals surface area (Å²) >= 11 is 0. The first-order valence-electron chi connectivity index (χ1n) is 8.14. The van der Waals surface area contributed by atoms with E-state index in [4.69, 9.17) is 4.42 Å². The highest BCUT2D eigenvalue weighted by atomic mass is 16.3. The van der Waals surface area contributed by atoms with Crippen LogP contribution in [0.15, 0.2) is 23.0 Å². The molecule has 0 bridgehead atoms. The smallest absolute Gasteiger partial charge is 0.0937 e. The molecule has 20 heavy (non-hydrogen) atoms. The summed E-state index contributed by atoms with van der Waals surface area (Å²) in [5.74, 6) is 3.05. The van der Waals surface area contributed by atoms with Crippen LogP contribution in [0.25, 0.3) is 0 Å². The molecule has 3 unspecified atom stereocenters. The quantitative estimate of drug-likeness (QED) is 0.853. The van der Waals surface area contributed by atoms with E-state index < -0.39 is 0 Å². The average molecular weight is 277 g/mol. The van der Waals surface area contributed by atoms with Crippen LogP contribution in [0.5, 0.6) is 0 Å². The first-order chi connectivity index (χ1) is 9.37. The van der Waals surface area contributed by atoms with Crippen molar-refractivity contribution in [1.82, 2.24) is 5.32 Å². The summed E-state index contributed by atoms with van der Waals surface area (Å²) in [6.07, 6.45) is 7.80. The molecule has 1 aromatic rings. The SMILES string of the molecule is CC(C)C1CCC(CNC(C)(C)C)C(c2ccoc2)C1. The van der Waals surface area contributed by atoms with E-state index in [1.54, 1.807) is 0 Å². The van der Waals surface area contributed by atoms with Crippen molar-refractivity contribution in [3.63, 3.8) is 0 Å². The van der Waals surface area contributed by atoms with Crippen LogP contribution in [0.3, 0.4) is 0 Å². The maximum atomic E-state index is 5.34. The number of nitrogens with one attached hydrogen (secondary N) is 1. The van der Waals surface area contributed by atoms with Gasteiger partial charge in [0.15, 0.2) is 0 Å². The largest absolute Gasteiger partial charge is 0.472 e. The molecule has 0 aliphatic heterocycles. The lowest BCUT2D eigenvalue weighted by atomic mass is 9.68. The first kappa shape index (κ1) is 15.6. The minimum atomic E-state index is 0.204. The molecule has 0 spiro atoms. The van der Waals surface area contributed by atoms with Crippen molar-refractivity contribution in [2.75, 3.05) is 6.54 Å². The fourth-order valence-corrected chi connectivity index (χ4v) is 3.45. The Morgan fingerprint density at radius 2 is 2.05 bits per heavy atom. The summed E-state index contributed by atoms with van der Waals surface area (Å²) in [7, 11) is 0. The first-order valence-corrected chi connectivity index (χ1v) is 8.14. The van der Waals surface area contributed by atoms with E-state index in [2.05, 4.69) is 46.0 Å². The zero-order valence-electron chi connectivity index (χ0n) is 13.8. The van der Waals surface area contributed by atoms with Crippen LogP contribution in [0.4, 0.5) is 0 Å². The molecule has 2 rings (SSSR count). The second-order valence-corrected chi connectivity index (χ2v) is 7.87. The van der Waals surface area contributed by atoms with Crippen LogP contribution in [-0.2, 0) is 0 Å². The lowest BCUT2D eigenvalue weighted by Gasteiger charge is -2.39. The molecule has 114 valence electrons. The van der Waals surface area contributed by atoms with Crippen molar-refractivity contribution >= 4 is 0 Å². The van der Waals surface area contributed by atoms with E-state index in [1.807, 2.05) is 12.5 Å². The molecule has 3 atom stereocenters. The maximum Gasteiger partial charge on any atom is 0.0937 e. The fourth-order valence-electron chi connectivity index (χ4n) is 3.45. The highest BCUT2D eigenvalue weighted by Gasteiger charge is 2.33. The Bertz CT molecular complexity index is 388. The number of rotatable bonds is 4. The summed E-state index contributed by atoms with van der Waals surface area (Å²) in [5, 5.41) is 3.70. The maximum absolute atomic E-state index is 5.34. The Morgan fingerprint density at radius 3 is 2.60 bits per heavy atom. The van der Waals surface area contributed by atoms with Gasteiger partial charge in [0.25, 0.3) is 0 Å². The van der Waals surface area contributed by atoms with Gasteiger partial charge in [0.1, 0.15) is 0 Å². The zero-order valence-corrected chi connectivity index (χ0v) is 13.8. The van der Waals surface area contributed by atoms with Crippen LogP contribution < -0.4 is 5.32 Å². The highest BCUT2D eigenvalue weighted by molar-refractivity contribution is 5.15. The molecule has 0 radical (unpaired) electrons. The minimum Gasteiger partial charge on any atom is -0.472 e. The molecule has 1 aromatic heterocycles. The fraction of sp³-hybridized carbons (Fsp3) is 0.778. The van der Waals surface area contributed by atoms with Gasteiger partial charge in [-0.1, -0.05) is 13.8 Å². The van der Waals surface area contributed by atoms with Gasteiger partial charge in [0.05, 0.1) is 12.5 Å². The zero-order chi connectivity index (χ0) is 14.8. The Labute approximate surface area is 124 Å². The van der Waals surface area contributed by atoms with E-state index in [0.717, 1.165) is 24.3 Å². The predicted molar refractivity (Wildman–Crippen MR) is 84.9 cm³/mol. The second-order valence-electron chi connectivity index (χ2n) is 7.87. The van der Waals surface area contributed by atoms with Gasteiger partial charge in [0.2, 0.25) is 0 Å². The van der Waals surface area contributed by atoms with Gasteiger partial charge in [0, 0.05) is 5.54 Å². The Morgan fingerprint density at radius 1 is 1.30 bits per heavy atom. The summed E-state index contributed by atoms with van der Waals surface area (Å²) in [4.78, 5) is 0. The Balaban J connectivity index is 2.06. The number of hydrogen-bond acceptors (Lipinski definition) is 2. The third-order valence-electron chi connectivity index (χ3n) is 4.84. The molecule has 0 aromatic carbocycles. The topological polar surface area (TPSA) is 25.2 Å². The lowest BCUT2D eigenvalue weighted by molar-refractivity contribution is 0.182. The van der Waals surface area contributed by atoms with E-state index in [0.29, 0.717) is 5.92 Å². The van der Waals surface area contributed by atoms with Gasteiger partial charge in [-0.3, -0.25) is 0 Å². The number of furan rings is 1. The van der Waals surface area contributed by atoms with Gasteiger partial charge in [-0.05, 0) is 81.9 Å². The minimum absolute atomic E-state index is 0.204. The molecule has 0 amide bonds. The van der Waals surface area contributed by atoms with E-state index in [-0.39, 0.29) is 5.54 Å². The van der Waals surface area contributed by atoms with E-state index in [1.165, 1.54) is 24.8 Å². The summed E-state index contributed by atoms with van der Waals surface area (Å²) in [6, 6.07) is 2.16. The van der Waals surface area contributed by atoms with Crippen LogP contribution in [0, 0.1) is 17.8 Å². The van der Waals surface area contributed by atoms with Gasteiger partial charge >= 0.3 is 0 Å². The normalized spacial score (nSPS) is 28.0. The van der Waals surface area contributed by atoms with Crippen LogP contribution in [0.1, 0.15) is 65.4 Å². The second kappa shape index (κ2) is 6.34. The van der Waals surface area contributed by atoms with Crippen molar-refractivity contribution in [1.29, 1.82) is 0 Å². The van der Waals surface area contributed by atoms with Crippen molar-refractivity contribution < 1.29 is 4.42 Å². The van der Waals surface area contributed by atoms with Gasteiger partial charge < -0.3 is 9.73 Å². The van der Waals surface area contributed by atoms with Crippen molar-refractivity contribution in [3.05, 3.63) is 24.2 Å². The molecule has 0 saturated heterocycles. The molecule has 1 aliphatic carbocycles. The predicted octanol–water partition coefficient (Wildman–Crippen LogP) is 4.82. The van der Waals surface area contributed by atoms with Gasteiger partial charge in [-0.2, -0.15) is 0 Å². The van der Waals surface area contributed by atoms with Crippen LogP contribution in [-0.4, -0.2) is 12.1 Å². The van der Waals surface area contributed by atoms with Crippen molar-refractivity contribution in [3.8, 4) is 0 Å². The van der Waals surface area contributed by atoms with Crippen LogP contribution >= 0.6 is 0 Å². The molecule has 2 nitrogen and oxygen atoms in total. The Kier molecular flexibility index (Phi) is 4.95. The molecule has 1 heterocycles. The molecule has 1 N–H and O–H groups in total. The third kappa shape index (κ3) is 4.12. The summed E-state index contributed by atoms with van der Waals surface area (Å²) in [6.45, 7) is 12.6. The standard InChI is InChI=1S/C18H31NO/c1-13(2)14-6-7-15(11-19-18(3,4)5)17(10-14)16-8-9-20-12-16/h8-9,12-15,17,19H,6-7,10-11H2,1-5H3. The number of hydrogen-bond donors (Lipinski definition) is 1. The molecule has 2 heteroatoms. The molecular weight excluding hydrogens is 246 g/mol. The molecule has 1 fully saturated rings. The molecule has 1 saturated carbocycles. The van der Waals surface area contributed by atoms with Crippen LogP contribution in [0.2, 0.25) is 0 Å². The Hall–Kier alpha value is -0.760. The third-order valence-corrected chi connectivity index (χ3v) is 4.84. The average Bonchev–Trinajstić information content (AvgIpc) is 2.88. The molecule has 1 aliphatic rings. The van der Waals surface area contributed by atoms with E-state index >= 15 is 0 Å². The molecular formula is C18H31NO. The van der Waals surface area contributed by atoms with Crippen molar-refractivity contribution in [2.45, 2.75) is 65.3 Å². The van der Waals surface area contributed by atoms with Crippen molar-refractivity contribution in [2.24, 2.45) is 17.8 Å². The van der Waals surface area contributed by atoms with Gasteiger partial charge in [-0.15, -0.1) is 0 Å². The van der Waals surface area contributed by atoms with E-state index in [9.17, 15) is 0 Å². The lowest BCUT2D eigenvalue weighted by Crippen LogP contribution is -2.42. The summed E-state index contributed by atoms with van der Waals surface area (Å²) < 4.78 is 5.34. The monoisotopic (exact) mass is 277 g/mol.